The van der Waals surface area contributed by atoms with Gasteiger partial charge in [-0.25, -0.2) is 5.10 Å². The van der Waals surface area contributed by atoms with Crippen molar-refractivity contribution in [2.45, 2.75) is 32.3 Å². The van der Waals surface area contributed by atoms with Crippen LogP contribution in [0.5, 0.6) is 0 Å². The Morgan fingerprint density at radius 1 is 1.38 bits per heavy atom. The average molecular weight is 284 g/mol. The van der Waals surface area contributed by atoms with E-state index in [0.29, 0.717) is 18.4 Å². The zero-order chi connectivity index (χ0) is 14.8. The Morgan fingerprint density at radius 2 is 2.14 bits per heavy atom. The third-order valence-corrected chi connectivity index (χ3v) is 3.87. The number of hydrogen-bond acceptors (Lipinski definition) is 4. The van der Waals surface area contributed by atoms with Crippen LogP contribution in [-0.2, 0) is 22.6 Å². The number of carbonyl (C=O) groups excluding carboxylic acids is 1. The molecule has 1 atom stereocenters. The van der Waals surface area contributed by atoms with Crippen LogP contribution in [0.3, 0.4) is 0 Å². The Balaban J connectivity index is 1.77. The topological polar surface area (TPSA) is 72.0 Å². The molecule has 1 aromatic carbocycles. The first-order valence-corrected chi connectivity index (χ1v) is 6.95. The second-order valence-corrected chi connectivity index (χ2v) is 5.21. The number of fused-ring (bicyclic) bond motifs is 1. The minimum Gasteiger partial charge on any atom is -0.460 e. The van der Waals surface area contributed by atoms with E-state index in [-0.39, 0.29) is 18.1 Å². The number of hydrogen-bond donors (Lipinski definition) is 1. The molecule has 108 valence electrons. The molecule has 0 bridgehead atoms. The first kappa shape index (κ1) is 13.5. The molecule has 1 N–H and O–H groups in total. The summed E-state index contributed by atoms with van der Waals surface area (Å²) in [6.07, 6.45) is 1.31. The fourth-order valence-corrected chi connectivity index (χ4v) is 2.78. The van der Waals surface area contributed by atoms with Crippen LogP contribution in [0.1, 0.15) is 34.7 Å². The normalized spacial score (nSPS) is 16.5. The van der Waals surface area contributed by atoms with E-state index in [1.807, 2.05) is 37.3 Å². The minimum absolute atomic E-state index is 0.230. The van der Waals surface area contributed by atoms with Gasteiger partial charge < -0.3 is 4.74 Å². The van der Waals surface area contributed by atoms with Crippen LogP contribution in [0.15, 0.2) is 35.1 Å². The molecule has 21 heavy (non-hydrogen) atoms. The van der Waals surface area contributed by atoms with Gasteiger partial charge in [-0.05, 0) is 30.9 Å². The Kier molecular flexibility index (Phi) is 3.56. The van der Waals surface area contributed by atoms with Gasteiger partial charge in [0, 0.05) is 5.56 Å². The number of nitrogens with zero attached hydrogens (tertiary/aromatic N) is 1. The second-order valence-electron chi connectivity index (χ2n) is 5.21. The molecule has 1 unspecified atom stereocenters. The number of ether oxygens (including phenoxy) is 1. The molecule has 3 rings (SSSR count). The molecule has 0 saturated carbocycles. The summed E-state index contributed by atoms with van der Waals surface area (Å²) in [7, 11) is 0. The zero-order valence-electron chi connectivity index (χ0n) is 11.8. The van der Waals surface area contributed by atoms with Gasteiger partial charge in [0.05, 0.1) is 11.6 Å². The molecule has 0 aliphatic heterocycles. The lowest BCUT2D eigenvalue weighted by Crippen LogP contribution is -2.23. The molecule has 0 fully saturated rings. The fourth-order valence-electron chi connectivity index (χ4n) is 2.78. The SMILES string of the molecule is Cc1n[nH]c(=O)c2c1CCC2C(=O)OCc1ccccc1. The summed E-state index contributed by atoms with van der Waals surface area (Å²) in [6, 6.07) is 9.50. The average Bonchev–Trinajstić information content (AvgIpc) is 2.96. The predicted molar refractivity (Wildman–Crippen MR) is 76.9 cm³/mol. The molecule has 0 amide bonds. The summed E-state index contributed by atoms with van der Waals surface area (Å²) < 4.78 is 5.35. The number of carbonyl (C=O) groups is 1. The van der Waals surface area contributed by atoms with Gasteiger partial charge in [0.15, 0.2) is 0 Å². The van der Waals surface area contributed by atoms with Crippen LogP contribution in [0.25, 0.3) is 0 Å². The van der Waals surface area contributed by atoms with Crippen LogP contribution >= 0.6 is 0 Å². The van der Waals surface area contributed by atoms with Crippen LogP contribution in [-0.4, -0.2) is 16.2 Å². The van der Waals surface area contributed by atoms with Gasteiger partial charge in [0.2, 0.25) is 0 Å². The molecular formula is C16H16N2O3. The van der Waals surface area contributed by atoms with Crippen LogP contribution in [0, 0.1) is 6.92 Å². The van der Waals surface area contributed by atoms with Gasteiger partial charge in [-0.15, -0.1) is 0 Å². The van der Waals surface area contributed by atoms with E-state index in [2.05, 4.69) is 10.2 Å². The van der Waals surface area contributed by atoms with Crippen molar-refractivity contribution >= 4 is 5.97 Å². The van der Waals surface area contributed by atoms with E-state index in [0.717, 1.165) is 16.8 Å². The number of H-pyrrole nitrogens is 1. The number of benzene rings is 1. The molecule has 5 nitrogen and oxygen atoms in total. The maximum atomic E-state index is 12.2. The Labute approximate surface area is 122 Å². The minimum atomic E-state index is -0.478. The molecule has 0 spiro atoms. The zero-order valence-corrected chi connectivity index (χ0v) is 11.8. The summed E-state index contributed by atoms with van der Waals surface area (Å²) in [5.74, 6) is -0.817. The Bertz CT molecular complexity index is 722. The van der Waals surface area contributed by atoms with Gasteiger partial charge in [0.25, 0.3) is 5.56 Å². The van der Waals surface area contributed by atoms with Crippen molar-refractivity contribution in [3.8, 4) is 0 Å². The quantitative estimate of drug-likeness (QED) is 0.873. The lowest BCUT2D eigenvalue weighted by molar-refractivity contribution is -0.146. The summed E-state index contributed by atoms with van der Waals surface area (Å²) in [4.78, 5) is 24.2. The first-order chi connectivity index (χ1) is 10.2. The summed E-state index contributed by atoms with van der Waals surface area (Å²) in [5, 5.41) is 6.39. The van der Waals surface area contributed by atoms with E-state index in [9.17, 15) is 9.59 Å². The third kappa shape index (κ3) is 2.59. The van der Waals surface area contributed by atoms with Crippen LogP contribution in [0.4, 0.5) is 0 Å². The monoisotopic (exact) mass is 284 g/mol. The highest BCUT2D eigenvalue weighted by molar-refractivity contribution is 5.79. The number of aryl methyl sites for hydroxylation is 1. The fraction of sp³-hybridized carbons (Fsp3) is 0.312. The molecular weight excluding hydrogens is 268 g/mol. The largest absolute Gasteiger partial charge is 0.460 e. The van der Waals surface area contributed by atoms with Gasteiger partial charge in [-0.1, -0.05) is 30.3 Å². The van der Waals surface area contributed by atoms with Gasteiger partial charge >= 0.3 is 5.97 Å². The molecule has 2 aromatic rings. The highest BCUT2D eigenvalue weighted by atomic mass is 16.5. The van der Waals surface area contributed by atoms with Crippen molar-refractivity contribution in [1.29, 1.82) is 0 Å². The van der Waals surface area contributed by atoms with E-state index in [1.165, 1.54) is 0 Å². The number of esters is 1. The summed E-state index contributed by atoms with van der Waals surface area (Å²) >= 11 is 0. The molecule has 1 heterocycles. The van der Waals surface area contributed by atoms with Gasteiger partial charge in [-0.2, -0.15) is 5.10 Å². The summed E-state index contributed by atoms with van der Waals surface area (Å²) in [6.45, 7) is 2.07. The predicted octanol–water partition coefficient (Wildman–Crippen LogP) is 1.85. The molecule has 1 aliphatic rings. The molecule has 0 saturated heterocycles. The van der Waals surface area contributed by atoms with Gasteiger partial charge in [0.1, 0.15) is 6.61 Å². The van der Waals surface area contributed by atoms with Crippen molar-refractivity contribution in [1.82, 2.24) is 10.2 Å². The smallest absolute Gasteiger partial charge is 0.313 e. The lowest BCUT2D eigenvalue weighted by Gasteiger charge is -2.11. The number of nitrogens with one attached hydrogen (secondary N) is 1. The number of aromatic amines is 1. The highest BCUT2D eigenvalue weighted by Crippen LogP contribution is 2.32. The second kappa shape index (κ2) is 5.52. The Morgan fingerprint density at radius 3 is 2.90 bits per heavy atom. The molecule has 1 aromatic heterocycles. The van der Waals surface area contributed by atoms with E-state index < -0.39 is 5.92 Å². The van der Waals surface area contributed by atoms with Crippen LogP contribution in [0.2, 0.25) is 0 Å². The number of aromatic nitrogens is 2. The van der Waals surface area contributed by atoms with Crippen molar-refractivity contribution in [2.24, 2.45) is 0 Å². The first-order valence-electron chi connectivity index (χ1n) is 6.95. The van der Waals surface area contributed by atoms with Crippen molar-refractivity contribution in [2.75, 3.05) is 0 Å². The van der Waals surface area contributed by atoms with Crippen LogP contribution < -0.4 is 5.56 Å². The highest BCUT2D eigenvalue weighted by Gasteiger charge is 2.34. The maximum absolute atomic E-state index is 12.2. The standard InChI is InChI=1S/C16H16N2O3/c1-10-12-7-8-13(14(12)15(19)18-17-10)16(20)21-9-11-5-3-2-4-6-11/h2-6,13H,7-9H2,1H3,(H,18,19). The van der Waals surface area contributed by atoms with Crippen molar-refractivity contribution < 1.29 is 9.53 Å². The molecule has 0 radical (unpaired) electrons. The van der Waals surface area contributed by atoms with E-state index in [4.69, 9.17) is 4.74 Å². The maximum Gasteiger partial charge on any atom is 0.313 e. The summed E-state index contributed by atoms with van der Waals surface area (Å²) in [5.41, 5.74) is 2.85. The van der Waals surface area contributed by atoms with E-state index in [1.54, 1.807) is 0 Å². The molecule has 1 aliphatic carbocycles. The van der Waals surface area contributed by atoms with Gasteiger partial charge in [-0.3, -0.25) is 9.59 Å². The van der Waals surface area contributed by atoms with Crippen molar-refractivity contribution in [3.05, 3.63) is 63.1 Å². The Hall–Kier alpha value is -2.43. The number of rotatable bonds is 3. The molecule has 5 heteroatoms. The lowest BCUT2D eigenvalue weighted by atomic mass is 10.0. The van der Waals surface area contributed by atoms with E-state index >= 15 is 0 Å². The third-order valence-electron chi connectivity index (χ3n) is 3.87. The van der Waals surface area contributed by atoms with Crippen molar-refractivity contribution in [3.63, 3.8) is 0 Å².